The Balaban J connectivity index is 1.75. The van der Waals surface area contributed by atoms with Gasteiger partial charge in [-0.2, -0.15) is 0 Å². The number of aliphatic hydroxyl groups excluding tert-OH is 1. The highest BCUT2D eigenvalue weighted by Gasteiger charge is 2.29. The molecule has 162 valence electrons. The number of rotatable bonds is 10. The lowest BCUT2D eigenvalue weighted by atomic mass is 9.82. The average Bonchev–Trinajstić information content (AvgIpc) is 2.85. The highest BCUT2D eigenvalue weighted by Crippen LogP contribution is 2.32. The number of hydrogen-bond acceptors (Lipinski definition) is 3. The van der Waals surface area contributed by atoms with Gasteiger partial charge in [0, 0.05) is 5.41 Å². The molecule has 1 N–H and O–H groups in total. The largest absolute Gasteiger partial charge is 0.461 e. The Kier molecular flexibility index (Phi) is 8.02. The van der Waals surface area contributed by atoms with E-state index in [1.54, 1.807) is 0 Å². The van der Waals surface area contributed by atoms with Crippen LogP contribution >= 0.6 is 0 Å². The minimum absolute atomic E-state index is 0.0337. The van der Waals surface area contributed by atoms with Crippen molar-refractivity contribution in [2.24, 2.45) is 5.41 Å². The second-order valence-electron chi connectivity index (χ2n) is 8.18. The van der Waals surface area contributed by atoms with Crippen LogP contribution in [0.1, 0.15) is 49.9 Å². The summed E-state index contributed by atoms with van der Waals surface area (Å²) in [6.45, 7) is 4.45. The van der Waals surface area contributed by atoms with Crippen LogP contribution in [0.3, 0.4) is 0 Å². The summed E-state index contributed by atoms with van der Waals surface area (Å²) in [5.41, 5.74) is 4.67. The van der Waals surface area contributed by atoms with Gasteiger partial charge in [0.25, 0.3) is 0 Å². The smallest absolute Gasteiger partial charge is 0.338 e. The standard InChI is InChI=1S/C28H32O3/c1-3-5-19-28(4-2,20-29)21-31-27(30)24-17-15-23(16-18-24)26-14-10-9-13-25(26)22-11-7-6-8-12-22/h6-18,29H,3-5,19-21H2,1-2H3. The molecule has 3 nitrogen and oxygen atoms in total. The first kappa shape index (κ1) is 22.8. The number of hydrogen-bond donors (Lipinski definition) is 1. The van der Waals surface area contributed by atoms with Gasteiger partial charge in [0.2, 0.25) is 0 Å². The highest BCUT2D eigenvalue weighted by atomic mass is 16.5. The van der Waals surface area contributed by atoms with Gasteiger partial charge in [-0.05, 0) is 47.2 Å². The molecule has 0 aliphatic carbocycles. The zero-order valence-electron chi connectivity index (χ0n) is 18.5. The Morgan fingerprint density at radius 3 is 1.97 bits per heavy atom. The van der Waals surface area contributed by atoms with Gasteiger partial charge in [0.1, 0.15) is 0 Å². The molecular formula is C28H32O3. The number of unbranched alkanes of at least 4 members (excludes halogenated alkanes) is 1. The fraction of sp³-hybridized carbons (Fsp3) is 0.321. The van der Waals surface area contributed by atoms with E-state index in [1.807, 2.05) is 61.5 Å². The van der Waals surface area contributed by atoms with Crippen LogP contribution < -0.4 is 0 Å². The van der Waals surface area contributed by atoms with Gasteiger partial charge in [-0.3, -0.25) is 0 Å². The van der Waals surface area contributed by atoms with Crippen LogP contribution in [0.15, 0.2) is 78.9 Å². The average molecular weight is 417 g/mol. The number of carbonyl (C=O) groups excluding carboxylic acids is 1. The molecule has 0 heterocycles. The SMILES string of the molecule is CCCCC(CC)(CO)COC(=O)c1ccc(-c2ccccc2-c2ccccc2)cc1. The van der Waals surface area contributed by atoms with Gasteiger partial charge in [-0.25, -0.2) is 4.79 Å². The van der Waals surface area contributed by atoms with Crippen LogP contribution in [-0.2, 0) is 4.74 Å². The van der Waals surface area contributed by atoms with Crippen LogP contribution in [0.5, 0.6) is 0 Å². The first-order valence-electron chi connectivity index (χ1n) is 11.2. The van der Waals surface area contributed by atoms with Gasteiger partial charge in [-0.15, -0.1) is 0 Å². The molecule has 3 aromatic carbocycles. The predicted octanol–water partition coefficient (Wildman–Crippen LogP) is 6.76. The fourth-order valence-electron chi connectivity index (χ4n) is 3.83. The van der Waals surface area contributed by atoms with Gasteiger partial charge < -0.3 is 9.84 Å². The quantitative estimate of drug-likeness (QED) is 0.372. The molecule has 0 fully saturated rings. The van der Waals surface area contributed by atoms with Crippen LogP contribution in [-0.4, -0.2) is 24.3 Å². The molecule has 0 aromatic heterocycles. The molecule has 0 radical (unpaired) electrons. The predicted molar refractivity (Wildman–Crippen MR) is 127 cm³/mol. The lowest BCUT2D eigenvalue weighted by Gasteiger charge is -2.30. The monoisotopic (exact) mass is 416 g/mol. The van der Waals surface area contributed by atoms with E-state index in [0.29, 0.717) is 5.56 Å². The van der Waals surface area contributed by atoms with Crippen molar-refractivity contribution < 1.29 is 14.6 Å². The van der Waals surface area contributed by atoms with Crippen LogP contribution in [0, 0.1) is 5.41 Å². The maximum Gasteiger partial charge on any atom is 0.338 e. The molecule has 31 heavy (non-hydrogen) atoms. The number of carbonyl (C=O) groups is 1. The van der Waals surface area contributed by atoms with Crippen molar-refractivity contribution in [1.82, 2.24) is 0 Å². The van der Waals surface area contributed by atoms with Gasteiger partial charge in [0.15, 0.2) is 0 Å². The molecule has 0 aliphatic heterocycles. The van der Waals surface area contributed by atoms with E-state index in [0.717, 1.165) is 47.9 Å². The molecular weight excluding hydrogens is 384 g/mol. The summed E-state index contributed by atoms with van der Waals surface area (Å²) in [5.74, 6) is -0.342. The Hall–Kier alpha value is -2.91. The minimum atomic E-state index is -0.347. The maximum absolute atomic E-state index is 12.6. The number of ether oxygens (including phenoxy) is 1. The van der Waals surface area contributed by atoms with E-state index in [9.17, 15) is 9.90 Å². The van der Waals surface area contributed by atoms with Crippen molar-refractivity contribution in [3.63, 3.8) is 0 Å². The second kappa shape index (κ2) is 10.9. The van der Waals surface area contributed by atoms with E-state index in [4.69, 9.17) is 4.74 Å². The number of aliphatic hydroxyl groups is 1. The number of benzene rings is 3. The molecule has 0 saturated carbocycles. The van der Waals surface area contributed by atoms with Gasteiger partial charge >= 0.3 is 5.97 Å². The van der Waals surface area contributed by atoms with E-state index in [1.165, 1.54) is 0 Å². The summed E-state index contributed by atoms with van der Waals surface area (Å²) in [4.78, 5) is 12.6. The fourth-order valence-corrected chi connectivity index (χ4v) is 3.83. The molecule has 0 amide bonds. The van der Waals surface area contributed by atoms with Crippen molar-refractivity contribution in [3.8, 4) is 22.3 Å². The van der Waals surface area contributed by atoms with Crippen molar-refractivity contribution in [2.75, 3.05) is 13.2 Å². The zero-order chi connectivity index (χ0) is 22.1. The van der Waals surface area contributed by atoms with Crippen LogP contribution in [0.4, 0.5) is 0 Å². The van der Waals surface area contributed by atoms with E-state index in [2.05, 4.69) is 31.2 Å². The lowest BCUT2D eigenvalue weighted by molar-refractivity contribution is 0.00384. The molecule has 3 heteroatoms. The molecule has 3 rings (SSSR count). The topological polar surface area (TPSA) is 46.5 Å². The number of esters is 1. The van der Waals surface area contributed by atoms with E-state index < -0.39 is 0 Å². The van der Waals surface area contributed by atoms with Crippen molar-refractivity contribution >= 4 is 5.97 Å². The molecule has 1 unspecified atom stereocenters. The van der Waals surface area contributed by atoms with Gasteiger partial charge in [0.05, 0.1) is 18.8 Å². The first-order valence-corrected chi connectivity index (χ1v) is 11.2. The lowest BCUT2D eigenvalue weighted by Crippen LogP contribution is -2.31. The van der Waals surface area contributed by atoms with Gasteiger partial charge in [-0.1, -0.05) is 93.4 Å². The Morgan fingerprint density at radius 1 is 0.839 bits per heavy atom. The highest BCUT2D eigenvalue weighted by molar-refractivity contribution is 5.91. The maximum atomic E-state index is 12.6. The summed E-state index contributed by atoms with van der Waals surface area (Å²) in [5, 5.41) is 9.88. The van der Waals surface area contributed by atoms with Crippen molar-refractivity contribution in [2.45, 2.75) is 39.5 Å². The summed E-state index contributed by atoms with van der Waals surface area (Å²) in [6, 6.07) is 26.1. The zero-order valence-corrected chi connectivity index (χ0v) is 18.5. The molecule has 3 aromatic rings. The third-order valence-corrected chi connectivity index (χ3v) is 6.10. The molecule has 0 spiro atoms. The normalized spacial score (nSPS) is 12.9. The molecule has 0 bridgehead atoms. The van der Waals surface area contributed by atoms with E-state index in [-0.39, 0.29) is 24.6 Å². The Labute approximate surface area is 185 Å². The Morgan fingerprint density at radius 2 is 1.42 bits per heavy atom. The summed E-state index contributed by atoms with van der Waals surface area (Å²) < 4.78 is 5.61. The summed E-state index contributed by atoms with van der Waals surface area (Å²) in [7, 11) is 0. The third-order valence-electron chi connectivity index (χ3n) is 6.10. The minimum Gasteiger partial charge on any atom is -0.461 e. The Bertz CT molecular complexity index is 957. The van der Waals surface area contributed by atoms with E-state index >= 15 is 0 Å². The van der Waals surface area contributed by atoms with Crippen LogP contribution in [0.25, 0.3) is 22.3 Å². The van der Waals surface area contributed by atoms with Crippen molar-refractivity contribution in [1.29, 1.82) is 0 Å². The third kappa shape index (κ3) is 5.62. The second-order valence-corrected chi connectivity index (χ2v) is 8.18. The summed E-state index contributed by atoms with van der Waals surface area (Å²) in [6.07, 6.45) is 3.72. The molecule has 0 saturated heterocycles. The molecule has 1 atom stereocenters. The summed E-state index contributed by atoms with van der Waals surface area (Å²) >= 11 is 0. The van der Waals surface area contributed by atoms with Crippen molar-refractivity contribution in [3.05, 3.63) is 84.4 Å². The first-order chi connectivity index (χ1) is 15.1. The molecule has 0 aliphatic rings. The van der Waals surface area contributed by atoms with Crippen LogP contribution in [0.2, 0.25) is 0 Å².